The van der Waals surface area contributed by atoms with Crippen LogP contribution in [0.5, 0.6) is 0 Å². The van der Waals surface area contributed by atoms with E-state index in [9.17, 15) is 5.26 Å². The lowest BCUT2D eigenvalue weighted by Crippen LogP contribution is -2.20. The van der Waals surface area contributed by atoms with Crippen molar-refractivity contribution in [3.63, 3.8) is 0 Å². The maximum absolute atomic E-state index is 9.36. The fourth-order valence-corrected chi connectivity index (χ4v) is 2.44. The first-order valence-electron chi connectivity index (χ1n) is 6.82. The molecular weight excluding hydrogens is 198 g/mol. The van der Waals surface area contributed by atoms with Gasteiger partial charge in [0.2, 0.25) is 0 Å². The van der Waals surface area contributed by atoms with Gasteiger partial charge in [-0.25, -0.2) is 0 Å². The molecule has 0 N–H and O–H groups in total. The Kier molecular flexibility index (Phi) is 6.49. The molecule has 0 amide bonds. The zero-order valence-electron chi connectivity index (χ0n) is 10.6. The number of unbranched alkanes of at least 4 members (excludes halogenated alkanes) is 1. The fraction of sp³-hybridized carbons (Fsp3) is 0.929. The minimum Gasteiger partial charge on any atom is -0.381 e. The van der Waals surface area contributed by atoms with Crippen molar-refractivity contribution in [2.45, 2.75) is 64.7 Å². The molecule has 0 unspecified atom stereocenters. The van der Waals surface area contributed by atoms with Gasteiger partial charge in [0.05, 0.1) is 11.5 Å². The number of nitrogens with zero attached hydrogens (tertiary/aromatic N) is 1. The van der Waals surface area contributed by atoms with E-state index in [2.05, 4.69) is 13.0 Å². The van der Waals surface area contributed by atoms with Crippen molar-refractivity contribution >= 4 is 0 Å². The summed E-state index contributed by atoms with van der Waals surface area (Å²) in [7, 11) is 0. The topological polar surface area (TPSA) is 33.0 Å². The van der Waals surface area contributed by atoms with Crippen molar-refractivity contribution in [1.29, 1.82) is 5.26 Å². The maximum atomic E-state index is 9.36. The van der Waals surface area contributed by atoms with Crippen LogP contribution in [0.3, 0.4) is 0 Å². The van der Waals surface area contributed by atoms with Gasteiger partial charge in [-0.05, 0) is 25.7 Å². The summed E-state index contributed by atoms with van der Waals surface area (Å²) in [5, 5.41) is 9.36. The van der Waals surface area contributed by atoms with Crippen LogP contribution in [0, 0.1) is 16.7 Å². The highest BCUT2D eigenvalue weighted by Gasteiger charge is 2.30. The Morgan fingerprint density at radius 2 is 1.81 bits per heavy atom. The first kappa shape index (κ1) is 13.5. The second-order valence-corrected chi connectivity index (χ2v) is 5.02. The van der Waals surface area contributed by atoms with Crippen LogP contribution in [-0.2, 0) is 4.74 Å². The Bertz CT molecular complexity index is 211. The van der Waals surface area contributed by atoms with Gasteiger partial charge in [-0.1, -0.05) is 39.0 Å². The van der Waals surface area contributed by atoms with E-state index in [4.69, 9.17) is 4.74 Å². The lowest BCUT2D eigenvalue weighted by Gasteiger charge is -2.24. The number of hydrogen-bond donors (Lipinski definition) is 0. The van der Waals surface area contributed by atoms with Crippen molar-refractivity contribution < 1.29 is 4.74 Å². The van der Waals surface area contributed by atoms with E-state index in [0.717, 1.165) is 38.9 Å². The SMILES string of the molecule is CCCCOCCC1(C#N)CCCCCC1. The van der Waals surface area contributed by atoms with E-state index in [1.165, 1.54) is 32.1 Å². The number of ether oxygens (including phenoxy) is 1. The Balaban J connectivity index is 2.26. The summed E-state index contributed by atoms with van der Waals surface area (Å²) in [5.74, 6) is 0. The fourth-order valence-electron chi connectivity index (χ4n) is 2.44. The highest BCUT2D eigenvalue weighted by atomic mass is 16.5. The van der Waals surface area contributed by atoms with Crippen molar-refractivity contribution in [3.8, 4) is 6.07 Å². The molecule has 1 rings (SSSR count). The van der Waals surface area contributed by atoms with E-state index < -0.39 is 0 Å². The average molecular weight is 223 g/mol. The minimum atomic E-state index is -0.0668. The van der Waals surface area contributed by atoms with Gasteiger partial charge in [0, 0.05) is 13.2 Å². The van der Waals surface area contributed by atoms with Gasteiger partial charge in [-0.15, -0.1) is 0 Å². The van der Waals surface area contributed by atoms with Gasteiger partial charge in [0.15, 0.2) is 0 Å². The van der Waals surface area contributed by atoms with E-state index in [1.807, 2.05) is 0 Å². The summed E-state index contributed by atoms with van der Waals surface area (Å²) in [6.45, 7) is 3.80. The number of hydrogen-bond acceptors (Lipinski definition) is 2. The van der Waals surface area contributed by atoms with Gasteiger partial charge in [-0.2, -0.15) is 5.26 Å². The Morgan fingerprint density at radius 1 is 1.12 bits per heavy atom. The molecule has 0 heterocycles. The third-order valence-corrected chi connectivity index (χ3v) is 3.67. The third-order valence-electron chi connectivity index (χ3n) is 3.67. The van der Waals surface area contributed by atoms with Crippen LogP contribution in [0.4, 0.5) is 0 Å². The van der Waals surface area contributed by atoms with Crippen molar-refractivity contribution in [2.75, 3.05) is 13.2 Å². The van der Waals surface area contributed by atoms with Crippen molar-refractivity contribution in [2.24, 2.45) is 5.41 Å². The van der Waals surface area contributed by atoms with Crippen LogP contribution >= 0.6 is 0 Å². The molecule has 0 aromatic carbocycles. The van der Waals surface area contributed by atoms with Gasteiger partial charge < -0.3 is 4.74 Å². The largest absolute Gasteiger partial charge is 0.381 e. The summed E-state index contributed by atoms with van der Waals surface area (Å²) in [5.41, 5.74) is -0.0668. The van der Waals surface area contributed by atoms with Crippen LogP contribution in [0.25, 0.3) is 0 Å². The molecule has 0 saturated heterocycles. The maximum Gasteiger partial charge on any atom is 0.0690 e. The molecule has 16 heavy (non-hydrogen) atoms. The zero-order valence-corrected chi connectivity index (χ0v) is 10.6. The smallest absolute Gasteiger partial charge is 0.0690 e. The second kappa shape index (κ2) is 7.68. The zero-order chi connectivity index (χ0) is 11.7. The first-order chi connectivity index (χ1) is 7.83. The lowest BCUT2D eigenvalue weighted by atomic mass is 9.79. The molecule has 1 fully saturated rings. The summed E-state index contributed by atoms with van der Waals surface area (Å²) >= 11 is 0. The van der Waals surface area contributed by atoms with Crippen LogP contribution in [0.2, 0.25) is 0 Å². The van der Waals surface area contributed by atoms with Gasteiger partial charge in [-0.3, -0.25) is 0 Å². The normalized spacial score (nSPS) is 20.0. The van der Waals surface area contributed by atoms with Crippen LogP contribution in [-0.4, -0.2) is 13.2 Å². The Hall–Kier alpha value is -0.550. The van der Waals surface area contributed by atoms with Gasteiger partial charge in [0.25, 0.3) is 0 Å². The van der Waals surface area contributed by atoms with Gasteiger partial charge in [0.1, 0.15) is 0 Å². The Labute approximate surface area is 100.0 Å². The first-order valence-corrected chi connectivity index (χ1v) is 6.82. The predicted octanol–water partition coefficient (Wildman–Crippen LogP) is 4.06. The standard InChI is InChI=1S/C14H25NO/c1-2-3-11-16-12-10-14(13-15)8-6-4-5-7-9-14/h2-12H2,1H3. The quantitative estimate of drug-likeness (QED) is 0.502. The second-order valence-electron chi connectivity index (χ2n) is 5.02. The summed E-state index contributed by atoms with van der Waals surface area (Å²) in [6, 6.07) is 2.57. The van der Waals surface area contributed by atoms with E-state index in [0.29, 0.717) is 0 Å². The van der Waals surface area contributed by atoms with E-state index >= 15 is 0 Å². The average Bonchev–Trinajstić information content (AvgIpc) is 2.55. The molecule has 92 valence electrons. The van der Waals surface area contributed by atoms with Crippen molar-refractivity contribution in [1.82, 2.24) is 0 Å². The molecule has 0 bridgehead atoms. The van der Waals surface area contributed by atoms with Crippen LogP contribution < -0.4 is 0 Å². The van der Waals surface area contributed by atoms with Crippen molar-refractivity contribution in [3.05, 3.63) is 0 Å². The molecule has 2 nitrogen and oxygen atoms in total. The molecule has 1 aliphatic rings. The van der Waals surface area contributed by atoms with E-state index in [1.54, 1.807) is 0 Å². The molecule has 0 radical (unpaired) electrons. The molecule has 2 heteroatoms. The molecular formula is C14H25NO. The highest BCUT2D eigenvalue weighted by Crippen LogP contribution is 2.37. The predicted molar refractivity (Wildman–Crippen MR) is 66.1 cm³/mol. The molecule has 0 aromatic rings. The lowest BCUT2D eigenvalue weighted by molar-refractivity contribution is 0.102. The molecule has 1 aliphatic carbocycles. The van der Waals surface area contributed by atoms with Gasteiger partial charge >= 0.3 is 0 Å². The van der Waals surface area contributed by atoms with Crippen LogP contribution in [0.1, 0.15) is 64.7 Å². The van der Waals surface area contributed by atoms with Crippen LogP contribution in [0.15, 0.2) is 0 Å². The van der Waals surface area contributed by atoms with E-state index in [-0.39, 0.29) is 5.41 Å². The molecule has 0 aromatic heterocycles. The summed E-state index contributed by atoms with van der Waals surface area (Å²) < 4.78 is 5.59. The molecule has 0 aliphatic heterocycles. The monoisotopic (exact) mass is 223 g/mol. The molecule has 0 spiro atoms. The molecule has 0 atom stereocenters. The summed E-state index contributed by atoms with van der Waals surface area (Å²) in [4.78, 5) is 0. The molecule has 1 saturated carbocycles. The Morgan fingerprint density at radius 3 is 2.38 bits per heavy atom. The number of nitriles is 1. The third kappa shape index (κ3) is 4.53. The minimum absolute atomic E-state index is 0.0668. The summed E-state index contributed by atoms with van der Waals surface area (Å²) in [6.07, 6.45) is 10.5. The highest BCUT2D eigenvalue weighted by molar-refractivity contribution is 4.99. The number of rotatable bonds is 6.